The second kappa shape index (κ2) is 33.9. The monoisotopic (exact) mass is 2350 g/mol. The van der Waals surface area contributed by atoms with Gasteiger partial charge in [-0.05, 0) is 138 Å². The maximum absolute atomic E-state index is 2.88. The molecule has 0 atom stereocenters. The Hall–Kier alpha value is 1.97. The third-order valence-electron chi connectivity index (χ3n) is 23.6. The average molecular weight is 2350 g/mol. The molecule has 0 N–H and O–H groups in total. The SMILES string of the molecule is C[N+]1(C)CCC(CCCN2C(=CC=CC3=[N+](CCCC4CC[N+](C)(C)CC4)c4ccccc4C34CC[N+](C)(CCCC3CC[N+](C)(C)CC3)CC4)C3(CC[N+](C)(CCCC4CC[N+](C)(C)CC4)CC3)c3ccccc32)CC1.[W].[W].[W].[W].[W].[W].[W]. The van der Waals surface area contributed by atoms with Crippen molar-refractivity contribution in [1.82, 2.24) is 0 Å². The Kier molecular flexibility index (Phi) is 32.4. The number of anilines is 1. The van der Waals surface area contributed by atoms with Gasteiger partial charge in [0, 0.05) is 221 Å². The molecule has 0 saturated carbocycles. The Bertz CT molecular complexity index is 2400. The van der Waals surface area contributed by atoms with Crippen molar-refractivity contribution in [2.24, 2.45) is 23.7 Å². The van der Waals surface area contributed by atoms with Crippen LogP contribution >= 0.6 is 0 Å². The summed E-state index contributed by atoms with van der Waals surface area (Å²) in [6, 6.07) is 19.6. The van der Waals surface area contributed by atoms with E-state index in [4.69, 9.17) is 0 Å². The van der Waals surface area contributed by atoms with Crippen LogP contribution in [0.2, 0.25) is 0 Å². The summed E-state index contributed by atoms with van der Waals surface area (Å²) in [5, 5.41) is 0. The van der Waals surface area contributed by atoms with Crippen molar-refractivity contribution in [3.05, 3.63) is 83.6 Å². The molecular formula is C69H117N8W7+7. The van der Waals surface area contributed by atoms with Crippen LogP contribution in [0.25, 0.3) is 0 Å². The van der Waals surface area contributed by atoms with Gasteiger partial charge in [0.15, 0.2) is 5.71 Å². The first-order valence-electron chi connectivity index (χ1n) is 32.6. The van der Waals surface area contributed by atoms with E-state index >= 15 is 0 Å². The number of fused-ring (bicyclic) bond motifs is 4. The fourth-order valence-corrected chi connectivity index (χ4v) is 17.3. The van der Waals surface area contributed by atoms with Crippen LogP contribution in [0, 0.1) is 23.7 Å². The molecule has 84 heavy (non-hydrogen) atoms. The molecule has 468 valence electrons. The molecule has 0 unspecified atom stereocenters. The summed E-state index contributed by atoms with van der Waals surface area (Å²) in [5.41, 5.74) is 9.68. The number of nitrogens with zero attached hydrogens (tertiary/aromatic N) is 8. The molecule has 8 aliphatic rings. The average Bonchev–Trinajstić information content (AvgIpc) is 2.58. The minimum atomic E-state index is 0. The minimum absolute atomic E-state index is 0. The van der Waals surface area contributed by atoms with Crippen LogP contribution in [-0.4, -0.2) is 212 Å². The summed E-state index contributed by atoms with van der Waals surface area (Å²) in [7, 11) is 24.8. The summed E-state index contributed by atoms with van der Waals surface area (Å²) >= 11 is 0. The van der Waals surface area contributed by atoms with Crippen molar-refractivity contribution in [3.63, 3.8) is 0 Å². The molecule has 6 saturated heterocycles. The number of benzene rings is 2. The van der Waals surface area contributed by atoms with Crippen molar-refractivity contribution in [3.8, 4) is 0 Å². The second-order valence-electron chi connectivity index (χ2n) is 31.3. The molecule has 0 aliphatic carbocycles. The zero-order valence-electron chi connectivity index (χ0n) is 54.6. The van der Waals surface area contributed by atoms with Gasteiger partial charge in [-0.25, -0.2) is 0 Å². The Morgan fingerprint density at radius 1 is 0.440 bits per heavy atom. The fourth-order valence-electron chi connectivity index (χ4n) is 17.3. The molecule has 0 bridgehead atoms. The number of quaternary nitrogens is 6. The van der Waals surface area contributed by atoms with Gasteiger partial charge < -0.3 is 31.8 Å². The molecular weight excluding hydrogens is 2230 g/mol. The van der Waals surface area contributed by atoms with E-state index in [9.17, 15) is 0 Å². The number of hydrogen-bond donors (Lipinski definition) is 0. The standard InChI is InChI=1S/C69H117N8.7W/c1-72(2)46-30-58(31-47-72)20-16-42-70-64-26-13-11-24-62(64)68(38-54-76(9,55-39-68)44-18-22-60-34-50-74(5,6)51-35-60)66(70)28-15-29-67-69(40-56-77(10,57-41-69)45-19-23-61-36-52-75(7,8)53-37-61)63-25-12-14-27-65(63)71(67)43-17-21-59-32-48-73(3,4)49-33-59;;;;;;;/h11-15,24-29,58-61H,16-23,30-57H2,1-10H3;;;;;;;/q+7;;;;;;;. The van der Waals surface area contributed by atoms with E-state index in [-0.39, 0.29) is 158 Å². The van der Waals surface area contributed by atoms with Crippen molar-refractivity contribution >= 4 is 17.1 Å². The van der Waals surface area contributed by atoms with E-state index in [0.717, 1.165) is 36.8 Å². The first-order valence-corrected chi connectivity index (χ1v) is 32.6. The van der Waals surface area contributed by atoms with E-state index < -0.39 is 0 Å². The van der Waals surface area contributed by atoms with E-state index in [2.05, 4.69) is 147 Å². The maximum Gasteiger partial charge on any atom is 0.209 e. The number of hydrogen-bond acceptors (Lipinski definition) is 1. The first-order chi connectivity index (χ1) is 36.7. The van der Waals surface area contributed by atoms with Crippen LogP contribution in [0.15, 0.2) is 72.5 Å². The van der Waals surface area contributed by atoms with Crippen LogP contribution in [0.1, 0.15) is 140 Å². The Labute approximate surface area is 615 Å². The van der Waals surface area contributed by atoms with Crippen molar-refractivity contribution in [2.75, 3.05) is 180 Å². The number of likely N-dealkylation sites (tertiary alicyclic amines) is 6. The topological polar surface area (TPSA) is 6.25 Å². The molecule has 2 aromatic rings. The van der Waals surface area contributed by atoms with Crippen molar-refractivity contribution < 1.29 is 179 Å². The largest absolute Gasteiger partial charge is 0.344 e. The van der Waals surface area contributed by atoms with Crippen LogP contribution < -0.4 is 4.90 Å². The molecule has 15 heteroatoms. The first kappa shape index (κ1) is 80.2. The quantitative estimate of drug-likeness (QED) is 0.107. The molecule has 0 aromatic heterocycles. The fraction of sp³-hybridized carbons (Fsp3) is 0.754. The number of allylic oxidation sites excluding steroid dienone is 4. The van der Waals surface area contributed by atoms with Gasteiger partial charge in [0.05, 0.1) is 168 Å². The summed E-state index contributed by atoms with van der Waals surface area (Å²) in [5.74, 6) is 3.62. The predicted molar refractivity (Wildman–Crippen MR) is 326 cm³/mol. The van der Waals surface area contributed by atoms with Gasteiger partial charge in [-0.1, -0.05) is 42.5 Å². The van der Waals surface area contributed by atoms with Gasteiger partial charge in [0.1, 0.15) is 6.54 Å². The van der Waals surface area contributed by atoms with E-state index in [1.165, 1.54) is 258 Å². The maximum atomic E-state index is 2.88. The molecule has 6 fully saturated rings. The summed E-state index contributed by atoms with van der Waals surface area (Å²) in [6.07, 6.45) is 35.2. The Morgan fingerprint density at radius 2 is 0.810 bits per heavy atom. The minimum Gasteiger partial charge on any atom is -0.344 e. The Morgan fingerprint density at radius 3 is 1.25 bits per heavy atom. The molecule has 0 amide bonds. The number of rotatable bonds is 18. The van der Waals surface area contributed by atoms with Gasteiger partial charge >= 0.3 is 0 Å². The Balaban J connectivity index is 0.00000264. The normalized spacial score (nSPS) is 25.0. The molecule has 2 aromatic carbocycles. The van der Waals surface area contributed by atoms with E-state index in [0.29, 0.717) is 0 Å². The summed E-state index contributed by atoms with van der Waals surface area (Å²) < 4.78 is 10.2. The van der Waals surface area contributed by atoms with Crippen LogP contribution in [0.4, 0.5) is 11.4 Å². The van der Waals surface area contributed by atoms with Crippen LogP contribution in [-0.2, 0) is 158 Å². The molecule has 8 aliphatic heterocycles. The number of para-hydroxylation sites is 2. The van der Waals surface area contributed by atoms with Gasteiger partial charge in [-0.2, -0.15) is 4.58 Å². The number of piperidine rings is 6. The zero-order valence-corrected chi connectivity index (χ0v) is 75.1. The van der Waals surface area contributed by atoms with E-state index in [1.54, 1.807) is 22.5 Å². The zero-order chi connectivity index (χ0) is 54.2. The molecule has 10 rings (SSSR count). The third-order valence-corrected chi connectivity index (χ3v) is 23.6. The molecule has 8 heterocycles. The van der Waals surface area contributed by atoms with Crippen LogP contribution in [0.5, 0.6) is 0 Å². The van der Waals surface area contributed by atoms with Gasteiger partial charge in [0.2, 0.25) is 5.69 Å². The summed E-state index contributed by atoms with van der Waals surface area (Å²) in [6.45, 7) is 20.9. The van der Waals surface area contributed by atoms with Crippen LogP contribution in [0.3, 0.4) is 0 Å². The van der Waals surface area contributed by atoms with E-state index in [1.807, 2.05) is 0 Å². The van der Waals surface area contributed by atoms with Gasteiger partial charge in [0.25, 0.3) is 0 Å². The molecule has 0 radical (unpaired) electrons. The molecule has 2 spiro atoms. The third kappa shape index (κ3) is 19.5. The molecule has 8 nitrogen and oxygen atoms in total. The van der Waals surface area contributed by atoms with Gasteiger partial charge in [-0.3, -0.25) is 0 Å². The summed E-state index contributed by atoms with van der Waals surface area (Å²) in [4.78, 5) is 2.88. The smallest absolute Gasteiger partial charge is 0.209 e. The predicted octanol–water partition coefficient (Wildman–Crippen LogP) is 11.8. The van der Waals surface area contributed by atoms with Crippen molar-refractivity contribution in [2.45, 2.75) is 139 Å². The second-order valence-corrected chi connectivity index (χ2v) is 31.3. The van der Waals surface area contributed by atoms with Crippen molar-refractivity contribution in [1.29, 1.82) is 0 Å². The van der Waals surface area contributed by atoms with Gasteiger partial charge in [-0.15, -0.1) is 0 Å².